The second-order valence-electron chi connectivity index (χ2n) is 10.0. The van der Waals surface area contributed by atoms with Crippen LogP contribution >= 0.6 is 46.4 Å². The normalized spacial score (nSPS) is 26.0. The zero-order chi connectivity index (χ0) is 30.0. The molecule has 1 N–H and O–H groups in total. The number of nitrogens with one attached hydrogen (secondary N) is 1. The van der Waals surface area contributed by atoms with Crippen LogP contribution in [0.2, 0.25) is 20.1 Å². The van der Waals surface area contributed by atoms with Crippen LogP contribution in [0.4, 0.5) is 20.2 Å². The van der Waals surface area contributed by atoms with E-state index in [4.69, 9.17) is 55.9 Å². The molecule has 0 aliphatic carbocycles. The van der Waals surface area contributed by atoms with Crippen LogP contribution in [0, 0.1) is 11.8 Å². The van der Waals surface area contributed by atoms with E-state index in [1.165, 1.54) is 37.4 Å². The summed E-state index contributed by atoms with van der Waals surface area (Å²) in [4.78, 5) is 55.5. The maximum absolute atomic E-state index is 15.1. The van der Waals surface area contributed by atoms with E-state index in [2.05, 4.69) is 5.32 Å². The van der Waals surface area contributed by atoms with E-state index in [0.717, 1.165) is 16.7 Å². The predicted molar refractivity (Wildman–Crippen MR) is 146 cm³/mol. The molecule has 41 heavy (non-hydrogen) atoms. The highest BCUT2D eigenvalue weighted by molar-refractivity contribution is 6.38. The monoisotopic (exact) mass is 649 g/mol. The molecular weight excluding hydrogens is 630 g/mol. The van der Waals surface area contributed by atoms with Gasteiger partial charge in [-0.3, -0.25) is 24.1 Å². The molecule has 0 bridgehead atoms. The summed E-state index contributed by atoms with van der Waals surface area (Å²) in [6, 6.07) is 5.70. The van der Waals surface area contributed by atoms with Crippen LogP contribution < -0.4 is 10.2 Å². The number of amides is 2. The number of fused-ring (bicyclic) bond motifs is 4. The van der Waals surface area contributed by atoms with Gasteiger partial charge in [-0.25, -0.2) is 8.78 Å². The van der Waals surface area contributed by atoms with Crippen molar-refractivity contribution in [1.29, 1.82) is 0 Å². The van der Waals surface area contributed by atoms with Gasteiger partial charge in [0.05, 0.1) is 23.2 Å². The quantitative estimate of drug-likeness (QED) is 0.353. The van der Waals surface area contributed by atoms with Gasteiger partial charge >= 0.3 is 11.9 Å². The van der Waals surface area contributed by atoms with Crippen LogP contribution in [-0.2, 0) is 34.2 Å². The Balaban J connectivity index is 1.70. The average Bonchev–Trinajstić information content (AvgIpc) is 3.43. The van der Waals surface area contributed by atoms with Crippen molar-refractivity contribution < 1.29 is 37.4 Å². The number of hydrogen-bond donors (Lipinski definition) is 1. The maximum Gasteiger partial charge on any atom is 0.315 e. The number of rotatable bonds is 5. The molecule has 3 aliphatic rings. The van der Waals surface area contributed by atoms with Gasteiger partial charge in [0.1, 0.15) is 11.5 Å². The zero-order valence-corrected chi connectivity index (χ0v) is 24.4. The topological polar surface area (TPSA) is 105 Å². The van der Waals surface area contributed by atoms with Gasteiger partial charge in [-0.1, -0.05) is 46.4 Å². The summed E-state index contributed by atoms with van der Waals surface area (Å²) in [5.41, 5.74) is -1.83. The SMILES string of the molecule is CC(=O)OCOC(=O)[C@H]1[C@@H](C(=O)N(C)c2cc(Cl)cc(Cl)c2)[C@H]2CC(F)(F)CN2[C@]12C(=O)Nc1c(Cl)cc(Cl)cc12. The predicted octanol–water partition coefficient (Wildman–Crippen LogP) is 5.13. The number of carbonyl (C=O) groups excluding carboxylic acids is 4. The van der Waals surface area contributed by atoms with Gasteiger partial charge in [0.15, 0.2) is 0 Å². The number of benzene rings is 2. The van der Waals surface area contributed by atoms with E-state index < -0.39 is 72.9 Å². The summed E-state index contributed by atoms with van der Waals surface area (Å²) in [5, 5.41) is 3.07. The Morgan fingerprint density at radius 1 is 1.05 bits per heavy atom. The molecule has 0 saturated carbocycles. The lowest BCUT2D eigenvalue weighted by molar-refractivity contribution is -0.174. The Labute approximate surface area is 252 Å². The van der Waals surface area contributed by atoms with Crippen LogP contribution in [0.3, 0.4) is 0 Å². The standard InChI is InChI=1S/C26H21Cl4F2N3O6/c1-11(36)40-10-41-23(38)20-19(22(37)34(2)15-4-12(27)3-13(28)5-15)18-8-25(31,32)9-35(18)26(20)16-6-14(29)7-17(30)21(16)33-24(26)39/h3-7,18-20H,8-10H2,1-2H3,(H,33,39)/t18-,19+,20-,26+/m1/s1. The van der Waals surface area contributed by atoms with Crippen molar-refractivity contribution >= 4 is 81.5 Å². The highest BCUT2D eigenvalue weighted by Crippen LogP contribution is 2.61. The van der Waals surface area contributed by atoms with Crippen molar-refractivity contribution in [2.45, 2.75) is 30.8 Å². The van der Waals surface area contributed by atoms with Gasteiger partial charge in [0.25, 0.3) is 11.8 Å². The van der Waals surface area contributed by atoms with Crippen LogP contribution in [0.5, 0.6) is 0 Å². The van der Waals surface area contributed by atoms with Gasteiger partial charge in [-0.05, 0) is 30.3 Å². The Kier molecular flexibility index (Phi) is 7.65. The molecule has 1 spiro atoms. The Bertz CT molecular complexity index is 1470. The second kappa shape index (κ2) is 10.5. The minimum atomic E-state index is -3.31. The maximum atomic E-state index is 15.1. The Hall–Kier alpha value is -2.70. The van der Waals surface area contributed by atoms with Crippen LogP contribution in [0.25, 0.3) is 0 Å². The fourth-order valence-electron chi connectivity index (χ4n) is 6.11. The number of anilines is 2. The molecule has 0 aromatic heterocycles. The summed E-state index contributed by atoms with van der Waals surface area (Å²) in [7, 11) is 1.37. The fraction of sp³-hybridized carbons (Fsp3) is 0.385. The van der Waals surface area contributed by atoms with Crippen molar-refractivity contribution in [3.8, 4) is 0 Å². The van der Waals surface area contributed by atoms with E-state index in [1.54, 1.807) is 0 Å². The van der Waals surface area contributed by atoms with E-state index in [0.29, 0.717) is 0 Å². The molecular formula is C26H21Cl4F2N3O6. The van der Waals surface area contributed by atoms with Crippen LogP contribution in [-0.4, -0.2) is 61.0 Å². The summed E-state index contributed by atoms with van der Waals surface area (Å²) >= 11 is 24.9. The van der Waals surface area contributed by atoms with Gasteiger partial charge in [0, 0.05) is 52.8 Å². The van der Waals surface area contributed by atoms with Crippen LogP contribution in [0.15, 0.2) is 30.3 Å². The van der Waals surface area contributed by atoms with Crippen molar-refractivity contribution in [1.82, 2.24) is 4.90 Å². The molecule has 2 amide bonds. The first kappa shape index (κ1) is 29.8. The molecule has 4 atom stereocenters. The number of esters is 2. The van der Waals surface area contributed by atoms with Gasteiger partial charge < -0.3 is 19.7 Å². The first-order chi connectivity index (χ1) is 19.2. The number of hydrogen-bond acceptors (Lipinski definition) is 7. The zero-order valence-electron chi connectivity index (χ0n) is 21.4. The highest BCUT2D eigenvalue weighted by atomic mass is 35.5. The number of ether oxygens (including phenoxy) is 2. The minimum Gasteiger partial charge on any atom is -0.428 e. The van der Waals surface area contributed by atoms with Gasteiger partial charge in [-0.2, -0.15) is 0 Å². The van der Waals surface area contributed by atoms with E-state index in [-0.39, 0.29) is 37.0 Å². The fourth-order valence-corrected chi connectivity index (χ4v) is 7.16. The molecule has 3 heterocycles. The number of nitrogens with zero attached hydrogens (tertiary/aromatic N) is 2. The first-order valence-corrected chi connectivity index (χ1v) is 13.7. The van der Waals surface area contributed by atoms with Crippen LogP contribution in [0.1, 0.15) is 18.9 Å². The third kappa shape index (κ3) is 4.91. The summed E-state index contributed by atoms with van der Waals surface area (Å²) < 4.78 is 40.1. The second-order valence-corrected chi connectivity index (χ2v) is 11.7. The smallest absolute Gasteiger partial charge is 0.315 e. The van der Waals surface area contributed by atoms with Gasteiger partial charge in [-0.15, -0.1) is 0 Å². The molecule has 0 radical (unpaired) electrons. The summed E-state index contributed by atoms with van der Waals surface area (Å²) in [5.74, 6) is -10.1. The molecule has 5 rings (SSSR count). The lowest BCUT2D eigenvalue weighted by atomic mass is 9.73. The lowest BCUT2D eigenvalue weighted by Crippen LogP contribution is -2.54. The minimum absolute atomic E-state index is 0.00715. The molecule has 9 nitrogen and oxygen atoms in total. The number of alkyl halides is 2. The molecule has 218 valence electrons. The summed E-state index contributed by atoms with van der Waals surface area (Å²) in [6.07, 6.45) is -0.833. The number of halogens is 6. The lowest BCUT2D eigenvalue weighted by Gasteiger charge is -2.36. The molecule has 2 fully saturated rings. The molecule has 0 unspecified atom stereocenters. The number of carbonyl (C=O) groups is 4. The average molecular weight is 651 g/mol. The van der Waals surface area contributed by atoms with Crippen molar-refractivity contribution in [2.24, 2.45) is 11.8 Å². The Morgan fingerprint density at radius 2 is 1.68 bits per heavy atom. The third-order valence-electron chi connectivity index (χ3n) is 7.60. The van der Waals surface area contributed by atoms with Crippen molar-refractivity contribution in [3.05, 3.63) is 56.0 Å². The summed E-state index contributed by atoms with van der Waals surface area (Å²) in [6.45, 7) is -0.684. The van der Waals surface area contributed by atoms with E-state index >= 15 is 8.78 Å². The van der Waals surface area contributed by atoms with E-state index in [1.807, 2.05) is 0 Å². The molecule has 2 saturated heterocycles. The highest BCUT2D eigenvalue weighted by Gasteiger charge is 2.75. The molecule has 15 heteroatoms. The molecule has 2 aromatic carbocycles. The largest absolute Gasteiger partial charge is 0.428 e. The first-order valence-electron chi connectivity index (χ1n) is 12.2. The molecule has 2 aromatic rings. The Morgan fingerprint density at radius 3 is 2.32 bits per heavy atom. The van der Waals surface area contributed by atoms with E-state index in [9.17, 15) is 19.2 Å². The van der Waals surface area contributed by atoms with Gasteiger partial charge in [0.2, 0.25) is 12.7 Å². The third-order valence-corrected chi connectivity index (χ3v) is 8.56. The van der Waals surface area contributed by atoms with Crippen molar-refractivity contribution in [2.75, 3.05) is 30.6 Å². The molecule has 3 aliphatic heterocycles. The van der Waals surface area contributed by atoms with Crippen molar-refractivity contribution in [3.63, 3.8) is 0 Å².